The molecule has 0 radical (unpaired) electrons. The zero-order valence-corrected chi connectivity index (χ0v) is 13.8. The first-order chi connectivity index (χ1) is 9.93. The molecule has 0 saturated heterocycles. The van der Waals surface area contributed by atoms with Crippen molar-refractivity contribution in [2.75, 3.05) is 27.2 Å². The third kappa shape index (κ3) is 6.46. The van der Waals surface area contributed by atoms with E-state index in [9.17, 15) is 9.59 Å². The second-order valence-corrected chi connectivity index (χ2v) is 6.42. The van der Waals surface area contributed by atoms with Crippen molar-refractivity contribution >= 4 is 11.8 Å². The predicted molar refractivity (Wildman–Crippen MR) is 84.7 cm³/mol. The van der Waals surface area contributed by atoms with E-state index in [1.165, 1.54) is 0 Å². The van der Waals surface area contributed by atoms with Crippen LogP contribution in [0.15, 0.2) is 0 Å². The summed E-state index contributed by atoms with van der Waals surface area (Å²) in [6, 6.07) is 0.353. The van der Waals surface area contributed by atoms with Crippen LogP contribution < -0.4 is 5.73 Å². The number of rotatable bonds is 7. The summed E-state index contributed by atoms with van der Waals surface area (Å²) in [6.45, 7) is 2.89. The van der Waals surface area contributed by atoms with Gasteiger partial charge in [-0.1, -0.05) is 6.92 Å². The van der Waals surface area contributed by atoms with Crippen molar-refractivity contribution in [2.45, 2.75) is 57.9 Å². The lowest BCUT2D eigenvalue weighted by Gasteiger charge is -2.27. The first kappa shape index (κ1) is 18.0. The van der Waals surface area contributed by atoms with Gasteiger partial charge in [0.05, 0.1) is 6.54 Å². The Morgan fingerprint density at radius 2 is 1.71 bits per heavy atom. The minimum Gasteiger partial charge on any atom is -0.347 e. The summed E-state index contributed by atoms with van der Waals surface area (Å²) < 4.78 is 0. The Morgan fingerprint density at radius 3 is 2.24 bits per heavy atom. The Morgan fingerprint density at radius 1 is 1.10 bits per heavy atom. The zero-order chi connectivity index (χ0) is 15.8. The van der Waals surface area contributed by atoms with Crippen molar-refractivity contribution in [3.05, 3.63) is 0 Å². The number of carbonyl (C=O) groups excluding carboxylic acids is 2. The molecular formula is C16H31N3O2. The molecule has 5 heteroatoms. The summed E-state index contributed by atoms with van der Waals surface area (Å²) in [4.78, 5) is 27.4. The fourth-order valence-corrected chi connectivity index (χ4v) is 2.83. The summed E-state index contributed by atoms with van der Waals surface area (Å²) >= 11 is 0. The molecule has 0 spiro atoms. The molecule has 5 nitrogen and oxygen atoms in total. The minimum atomic E-state index is -0.0135. The molecule has 0 atom stereocenters. The normalized spacial score (nSPS) is 21.9. The van der Waals surface area contributed by atoms with Crippen LogP contribution in [0.4, 0.5) is 0 Å². The number of hydrogen-bond donors (Lipinski definition) is 1. The van der Waals surface area contributed by atoms with E-state index in [1.54, 1.807) is 23.9 Å². The molecule has 1 aliphatic rings. The van der Waals surface area contributed by atoms with Crippen molar-refractivity contribution in [3.63, 3.8) is 0 Å². The van der Waals surface area contributed by atoms with Gasteiger partial charge in [-0.15, -0.1) is 0 Å². The third-order valence-electron chi connectivity index (χ3n) is 4.33. The van der Waals surface area contributed by atoms with E-state index in [0.29, 0.717) is 24.9 Å². The Balaban J connectivity index is 2.40. The fourth-order valence-electron chi connectivity index (χ4n) is 2.83. The molecule has 1 rings (SSSR count). The highest BCUT2D eigenvalue weighted by Crippen LogP contribution is 2.27. The molecule has 1 fully saturated rings. The maximum atomic E-state index is 12.3. The smallest absolute Gasteiger partial charge is 0.241 e. The van der Waals surface area contributed by atoms with Gasteiger partial charge in [0.1, 0.15) is 0 Å². The van der Waals surface area contributed by atoms with Gasteiger partial charge in [0, 0.05) is 33.1 Å². The summed E-state index contributed by atoms with van der Waals surface area (Å²) in [5.74, 6) is 0.726. The number of amides is 2. The molecule has 1 aliphatic carbocycles. The molecule has 1 saturated carbocycles. The van der Waals surface area contributed by atoms with Crippen molar-refractivity contribution in [1.29, 1.82) is 0 Å². The van der Waals surface area contributed by atoms with E-state index in [4.69, 9.17) is 5.73 Å². The summed E-state index contributed by atoms with van der Waals surface area (Å²) in [5.41, 5.74) is 5.91. The first-order valence-electron chi connectivity index (χ1n) is 8.17. The zero-order valence-electron chi connectivity index (χ0n) is 13.8. The van der Waals surface area contributed by atoms with Crippen LogP contribution >= 0.6 is 0 Å². The first-order valence-corrected chi connectivity index (χ1v) is 8.17. The van der Waals surface area contributed by atoms with Gasteiger partial charge in [-0.05, 0) is 44.4 Å². The maximum absolute atomic E-state index is 12.3. The maximum Gasteiger partial charge on any atom is 0.241 e. The average molecular weight is 297 g/mol. The van der Waals surface area contributed by atoms with Crippen LogP contribution in [-0.4, -0.2) is 54.8 Å². The largest absolute Gasteiger partial charge is 0.347 e. The number of likely N-dealkylation sites (N-methyl/N-ethyl adjacent to an activating group) is 1. The molecule has 0 aromatic carbocycles. The Labute approximate surface area is 128 Å². The van der Waals surface area contributed by atoms with Crippen LogP contribution in [0.25, 0.3) is 0 Å². The van der Waals surface area contributed by atoms with Gasteiger partial charge in [-0.25, -0.2) is 0 Å². The molecule has 2 N–H and O–H groups in total. The minimum absolute atomic E-state index is 0.0135. The van der Waals surface area contributed by atoms with Gasteiger partial charge in [0.25, 0.3) is 0 Å². The molecule has 2 amide bonds. The topological polar surface area (TPSA) is 66.6 Å². The average Bonchev–Trinajstić information content (AvgIpc) is 2.45. The molecule has 21 heavy (non-hydrogen) atoms. The van der Waals surface area contributed by atoms with Crippen molar-refractivity contribution in [2.24, 2.45) is 11.7 Å². The van der Waals surface area contributed by atoms with E-state index in [0.717, 1.165) is 38.5 Å². The molecule has 0 aromatic rings. The van der Waals surface area contributed by atoms with Gasteiger partial charge >= 0.3 is 0 Å². The van der Waals surface area contributed by atoms with Gasteiger partial charge in [-0.2, -0.15) is 0 Å². The van der Waals surface area contributed by atoms with Gasteiger partial charge in [0.2, 0.25) is 11.8 Å². The molecular weight excluding hydrogens is 266 g/mol. The predicted octanol–water partition coefficient (Wildman–Crippen LogP) is 1.61. The quantitative estimate of drug-likeness (QED) is 0.776. The lowest BCUT2D eigenvalue weighted by Crippen LogP contribution is -2.40. The number of carbonyl (C=O) groups is 2. The number of nitrogens with zero attached hydrogens (tertiary/aromatic N) is 2. The lowest BCUT2D eigenvalue weighted by atomic mass is 9.84. The van der Waals surface area contributed by atoms with Crippen LogP contribution in [0.5, 0.6) is 0 Å². The van der Waals surface area contributed by atoms with Gasteiger partial charge < -0.3 is 15.5 Å². The summed E-state index contributed by atoms with van der Waals surface area (Å²) in [7, 11) is 3.45. The van der Waals surface area contributed by atoms with Crippen molar-refractivity contribution in [3.8, 4) is 0 Å². The summed E-state index contributed by atoms with van der Waals surface area (Å²) in [6.07, 6.45) is 6.80. The highest BCUT2D eigenvalue weighted by atomic mass is 16.2. The van der Waals surface area contributed by atoms with E-state index in [2.05, 4.69) is 0 Å². The van der Waals surface area contributed by atoms with E-state index in [-0.39, 0.29) is 18.4 Å². The van der Waals surface area contributed by atoms with Crippen LogP contribution in [0.2, 0.25) is 0 Å². The molecule has 122 valence electrons. The Kier molecular flexibility index (Phi) is 7.72. The molecule has 0 heterocycles. The molecule has 0 bridgehead atoms. The molecule has 0 aliphatic heterocycles. The van der Waals surface area contributed by atoms with Crippen molar-refractivity contribution < 1.29 is 9.59 Å². The van der Waals surface area contributed by atoms with Crippen LogP contribution in [0.1, 0.15) is 51.9 Å². The van der Waals surface area contributed by atoms with E-state index < -0.39 is 0 Å². The second kappa shape index (κ2) is 9.03. The number of nitrogens with two attached hydrogens (primary N) is 1. The highest BCUT2D eigenvalue weighted by molar-refractivity contribution is 5.84. The summed E-state index contributed by atoms with van der Waals surface area (Å²) in [5, 5.41) is 0. The van der Waals surface area contributed by atoms with Gasteiger partial charge in [-0.3, -0.25) is 9.59 Å². The van der Waals surface area contributed by atoms with Crippen molar-refractivity contribution in [1.82, 2.24) is 9.80 Å². The Hall–Kier alpha value is -1.10. The van der Waals surface area contributed by atoms with E-state index >= 15 is 0 Å². The van der Waals surface area contributed by atoms with E-state index in [1.807, 2.05) is 6.92 Å². The second-order valence-electron chi connectivity index (χ2n) is 6.42. The van der Waals surface area contributed by atoms with Crippen LogP contribution in [-0.2, 0) is 9.59 Å². The Bertz CT molecular complexity index is 336. The van der Waals surface area contributed by atoms with Crippen LogP contribution in [0.3, 0.4) is 0 Å². The highest BCUT2D eigenvalue weighted by Gasteiger charge is 2.22. The fraction of sp³-hybridized carbons (Fsp3) is 0.875. The lowest BCUT2D eigenvalue weighted by molar-refractivity contribution is -0.139. The standard InChI is InChI=1S/C16H31N3O2/c1-4-11-19(12-16(21)18(2)3)15(20)10-7-13-5-8-14(17)9-6-13/h13-14H,4-12,17H2,1-3H3. The SMILES string of the molecule is CCCN(CC(=O)N(C)C)C(=O)CCC1CCC(N)CC1. The number of hydrogen-bond acceptors (Lipinski definition) is 3. The van der Waals surface area contributed by atoms with Gasteiger partial charge in [0.15, 0.2) is 0 Å². The molecule has 0 aromatic heterocycles. The van der Waals surface area contributed by atoms with Crippen LogP contribution in [0, 0.1) is 5.92 Å². The molecule has 0 unspecified atom stereocenters. The third-order valence-corrected chi connectivity index (χ3v) is 4.33. The monoisotopic (exact) mass is 297 g/mol.